The molecule has 0 N–H and O–H groups in total. The van der Waals surface area contributed by atoms with Gasteiger partial charge in [0.25, 0.3) is 17.7 Å². The number of carbonyl (C=O) groups is 4. The van der Waals surface area contributed by atoms with Crippen LogP contribution in [0, 0.1) is 0 Å². The van der Waals surface area contributed by atoms with Crippen molar-refractivity contribution < 1.29 is 41.6 Å². The minimum atomic E-state index is -4.37. The number of ether oxygens (including phenoxy) is 1. The molecular formula is C27H23N3O9S. The average molecular weight is 566 g/mol. The fraction of sp³-hybridized carbons (Fsp3) is 0.222. The zero-order valence-corrected chi connectivity index (χ0v) is 22.0. The summed E-state index contributed by atoms with van der Waals surface area (Å²) in [5.74, 6) is -3.23. The summed E-state index contributed by atoms with van der Waals surface area (Å²) in [5.41, 5.74) is 0.746. The van der Waals surface area contributed by atoms with Crippen molar-refractivity contribution in [2.24, 2.45) is 0 Å². The van der Waals surface area contributed by atoms with E-state index in [4.69, 9.17) is 14.0 Å². The van der Waals surface area contributed by atoms with Crippen molar-refractivity contribution in [3.8, 4) is 5.75 Å². The Morgan fingerprint density at radius 1 is 1.00 bits per heavy atom. The first-order valence-corrected chi connectivity index (χ1v) is 13.8. The molecule has 0 radical (unpaired) electrons. The topological polar surface area (TPSA) is 153 Å². The van der Waals surface area contributed by atoms with Crippen molar-refractivity contribution in [2.45, 2.75) is 25.7 Å². The van der Waals surface area contributed by atoms with Crippen LogP contribution in [-0.2, 0) is 29.2 Å². The first-order chi connectivity index (χ1) is 19.2. The number of furan rings is 1. The van der Waals surface area contributed by atoms with Crippen LogP contribution in [-0.4, -0.2) is 55.0 Å². The number of fused-ring (bicyclic) bond motifs is 2. The molecule has 3 amide bonds. The van der Waals surface area contributed by atoms with Gasteiger partial charge in [-0.05, 0) is 42.8 Å². The van der Waals surface area contributed by atoms with Gasteiger partial charge in [-0.3, -0.25) is 14.4 Å². The molecule has 1 saturated heterocycles. The fourth-order valence-corrected chi connectivity index (χ4v) is 5.84. The Kier molecular flexibility index (Phi) is 7.22. The lowest BCUT2D eigenvalue weighted by molar-refractivity contribution is -0.197. The molecule has 12 nitrogen and oxygen atoms in total. The third-order valence-electron chi connectivity index (χ3n) is 6.27. The van der Waals surface area contributed by atoms with E-state index < -0.39 is 45.9 Å². The summed E-state index contributed by atoms with van der Waals surface area (Å²) in [6.45, 7) is 0. The molecule has 0 unspecified atom stereocenters. The Labute approximate surface area is 228 Å². The normalized spacial score (nSPS) is 13.7. The molecule has 4 aromatic rings. The SMILES string of the molecule is COc1ccc(N(C(=O)c2c3ccccc3nc3occc23)S(=O)(=O)CCCC(=O)ON2C(=O)CCC2=O)cc1. The van der Waals surface area contributed by atoms with Crippen LogP contribution in [0.1, 0.15) is 36.0 Å². The highest BCUT2D eigenvalue weighted by atomic mass is 32.2. The number of pyridine rings is 1. The largest absolute Gasteiger partial charge is 0.497 e. The first-order valence-electron chi connectivity index (χ1n) is 12.2. The molecule has 2 aromatic carbocycles. The van der Waals surface area contributed by atoms with Crippen LogP contribution in [0.2, 0.25) is 0 Å². The molecule has 3 heterocycles. The molecular weight excluding hydrogens is 542 g/mol. The highest BCUT2D eigenvalue weighted by Gasteiger charge is 2.35. The number of hydrogen-bond donors (Lipinski definition) is 0. The number of carbonyl (C=O) groups excluding carboxylic acids is 4. The molecule has 2 aromatic heterocycles. The van der Waals surface area contributed by atoms with Crippen LogP contribution < -0.4 is 9.04 Å². The monoisotopic (exact) mass is 565 g/mol. The molecule has 0 bridgehead atoms. The Bertz CT molecular complexity index is 1730. The van der Waals surface area contributed by atoms with Gasteiger partial charge in [-0.25, -0.2) is 22.5 Å². The van der Waals surface area contributed by atoms with Crippen molar-refractivity contribution in [2.75, 3.05) is 17.2 Å². The van der Waals surface area contributed by atoms with E-state index in [-0.39, 0.29) is 36.2 Å². The van der Waals surface area contributed by atoms with Gasteiger partial charge in [0.2, 0.25) is 15.7 Å². The maximum absolute atomic E-state index is 14.1. The van der Waals surface area contributed by atoms with E-state index in [9.17, 15) is 27.6 Å². The maximum atomic E-state index is 14.1. The van der Waals surface area contributed by atoms with Gasteiger partial charge in [0, 0.05) is 24.6 Å². The van der Waals surface area contributed by atoms with Gasteiger partial charge in [0.1, 0.15) is 5.75 Å². The van der Waals surface area contributed by atoms with E-state index in [1.54, 1.807) is 24.3 Å². The summed E-state index contributed by atoms with van der Waals surface area (Å²) in [6.07, 6.45) is 0.585. The van der Waals surface area contributed by atoms with E-state index in [1.807, 2.05) is 0 Å². The fourth-order valence-electron chi connectivity index (χ4n) is 4.36. The van der Waals surface area contributed by atoms with Crippen molar-refractivity contribution in [1.29, 1.82) is 0 Å². The lowest BCUT2D eigenvalue weighted by Gasteiger charge is -2.24. The minimum Gasteiger partial charge on any atom is -0.497 e. The average Bonchev–Trinajstić information content (AvgIpc) is 3.53. The predicted octanol–water partition coefficient (Wildman–Crippen LogP) is 3.35. The molecule has 0 spiro atoms. The number of methoxy groups -OCH3 is 1. The second kappa shape index (κ2) is 10.8. The second-order valence-corrected chi connectivity index (χ2v) is 10.8. The number of para-hydroxylation sites is 1. The van der Waals surface area contributed by atoms with Gasteiger partial charge in [0.15, 0.2) is 0 Å². The number of nitrogens with zero attached hydrogens (tertiary/aromatic N) is 3. The summed E-state index contributed by atoms with van der Waals surface area (Å²) in [6, 6.07) is 14.2. The molecule has 206 valence electrons. The van der Waals surface area contributed by atoms with E-state index in [1.165, 1.54) is 43.7 Å². The summed E-state index contributed by atoms with van der Waals surface area (Å²) < 4.78 is 38.7. The number of hydroxylamine groups is 2. The van der Waals surface area contributed by atoms with E-state index in [0.29, 0.717) is 31.4 Å². The molecule has 13 heteroatoms. The number of rotatable bonds is 9. The van der Waals surface area contributed by atoms with Gasteiger partial charge in [-0.15, -0.1) is 5.06 Å². The van der Waals surface area contributed by atoms with Gasteiger partial charge in [-0.1, -0.05) is 18.2 Å². The third kappa shape index (κ3) is 5.10. The number of anilines is 1. The van der Waals surface area contributed by atoms with Crippen LogP contribution in [0.4, 0.5) is 5.69 Å². The Balaban J connectivity index is 1.47. The Hall–Kier alpha value is -4.78. The molecule has 1 fully saturated rings. The Morgan fingerprint density at radius 3 is 2.40 bits per heavy atom. The van der Waals surface area contributed by atoms with Crippen LogP contribution in [0.3, 0.4) is 0 Å². The van der Waals surface area contributed by atoms with Gasteiger partial charge in [0.05, 0.1) is 41.3 Å². The van der Waals surface area contributed by atoms with E-state index in [2.05, 4.69) is 4.98 Å². The lowest BCUT2D eigenvalue weighted by atomic mass is 10.0. The van der Waals surface area contributed by atoms with Crippen molar-refractivity contribution >= 4 is 61.4 Å². The van der Waals surface area contributed by atoms with Crippen molar-refractivity contribution in [3.05, 3.63) is 66.4 Å². The van der Waals surface area contributed by atoms with Gasteiger partial charge in [-0.2, -0.15) is 0 Å². The smallest absolute Gasteiger partial charge is 0.333 e. The molecule has 0 saturated carbocycles. The summed E-state index contributed by atoms with van der Waals surface area (Å²) in [7, 11) is -2.92. The van der Waals surface area contributed by atoms with Crippen LogP contribution >= 0.6 is 0 Å². The van der Waals surface area contributed by atoms with Crippen molar-refractivity contribution in [1.82, 2.24) is 10.0 Å². The zero-order valence-electron chi connectivity index (χ0n) is 21.2. The molecule has 0 atom stereocenters. The van der Waals surface area contributed by atoms with E-state index >= 15 is 0 Å². The molecule has 0 aliphatic carbocycles. The zero-order chi connectivity index (χ0) is 28.4. The summed E-state index contributed by atoms with van der Waals surface area (Å²) in [4.78, 5) is 59.0. The standard InChI is InChI=1S/C27H23N3O9S/c1-37-18-10-8-17(9-11-18)30(40(35,36)16-4-7-24(33)39-29-22(31)12-13-23(29)32)27(34)25-19-5-2-3-6-21(19)28-26-20(25)14-15-38-26/h2-3,5-6,8-11,14-15H,4,7,12-13,16H2,1H3. The highest BCUT2D eigenvalue weighted by Crippen LogP contribution is 2.32. The second-order valence-electron chi connectivity index (χ2n) is 8.88. The molecule has 1 aliphatic heterocycles. The summed E-state index contributed by atoms with van der Waals surface area (Å²) >= 11 is 0. The third-order valence-corrected chi connectivity index (χ3v) is 8.01. The number of aromatic nitrogens is 1. The van der Waals surface area contributed by atoms with Crippen molar-refractivity contribution in [3.63, 3.8) is 0 Å². The summed E-state index contributed by atoms with van der Waals surface area (Å²) in [5, 5.41) is 1.16. The van der Waals surface area contributed by atoms with Crippen LogP contribution in [0.5, 0.6) is 5.75 Å². The Morgan fingerprint density at radius 2 is 1.70 bits per heavy atom. The predicted molar refractivity (Wildman–Crippen MR) is 142 cm³/mol. The molecule has 5 rings (SSSR count). The maximum Gasteiger partial charge on any atom is 0.333 e. The van der Waals surface area contributed by atoms with Crippen LogP contribution in [0.15, 0.2) is 65.3 Å². The quantitative estimate of drug-likeness (QED) is 0.276. The minimum absolute atomic E-state index is 0.0548. The van der Waals surface area contributed by atoms with Gasteiger partial charge >= 0.3 is 5.97 Å². The number of imide groups is 1. The van der Waals surface area contributed by atoms with Crippen LogP contribution in [0.25, 0.3) is 22.0 Å². The number of amides is 3. The number of benzene rings is 2. The van der Waals surface area contributed by atoms with Gasteiger partial charge < -0.3 is 14.0 Å². The number of hydrogen-bond acceptors (Lipinski definition) is 10. The molecule has 40 heavy (non-hydrogen) atoms. The first kappa shape index (κ1) is 26.8. The highest BCUT2D eigenvalue weighted by molar-refractivity contribution is 7.93. The molecule has 1 aliphatic rings. The van der Waals surface area contributed by atoms with E-state index in [0.717, 1.165) is 0 Å². The number of sulfonamides is 1. The lowest BCUT2D eigenvalue weighted by Crippen LogP contribution is -2.39.